The van der Waals surface area contributed by atoms with Crippen LogP contribution >= 0.6 is 34.5 Å². The van der Waals surface area contributed by atoms with Gasteiger partial charge < -0.3 is 10.6 Å². The monoisotopic (exact) mass is 328 g/mol. The summed E-state index contributed by atoms with van der Waals surface area (Å²) >= 11 is 13.4. The fraction of sp³-hybridized carbons (Fsp3) is 0.214. The fourth-order valence-corrected chi connectivity index (χ4v) is 3.05. The number of hydrogen-bond donors (Lipinski definition) is 2. The first kappa shape index (κ1) is 15.2. The van der Waals surface area contributed by atoms with E-state index >= 15 is 0 Å². The van der Waals surface area contributed by atoms with Crippen molar-refractivity contribution >= 4 is 46.3 Å². The summed E-state index contributed by atoms with van der Waals surface area (Å²) in [6.45, 7) is 3.84. The summed E-state index contributed by atoms with van der Waals surface area (Å²) in [6.07, 6.45) is 0. The lowest BCUT2D eigenvalue weighted by molar-refractivity contribution is 0.249. The molecule has 0 aliphatic heterocycles. The van der Waals surface area contributed by atoms with Crippen molar-refractivity contribution in [1.82, 2.24) is 5.32 Å². The lowest BCUT2D eigenvalue weighted by Gasteiger charge is -2.14. The lowest BCUT2D eigenvalue weighted by Crippen LogP contribution is -2.30. The first-order valence-corrected chi connectivity index (χ1v) is 7.62. The highest BCUT2D eigenvalue weighted by Gasteiger charge is 2.12. The van der Waals surface area contributed by atoms with Gasteiger partial charge in [0.05, 0.1) is 21.1 Å². The maximum Gasteiger partial charge on any atom is 0.319 e. The van der Waals surface area contributed by atoms with Crippen LogP contribution in [0.15, 0.2) is 30.3 Å². The number of nitrogens with one attached hydrogen (secondary N) is 2. The van der Waals surface area contributed by atoms with E-state index in [1.54, 1.807) is 12.1 Å². The van der Waals surface area contributed by atoms with Gasteiger partial charge in [0.1, 0.15) is 0 Å². The normalized spacial score (nSPS) is 12.0. The molecule has 0 spiro atoms. The Balaban J connectivity index is 1.98. The molecule has 6 heteroatoms. The van der Waals surface area contributed by atoms with Crippen LogP contribution in [0.5, 0.6) is 0 Å². The molecule has 2 N–H and O–H groups in total. The standard InChI is InChI=1S/C14H14Cl2N2OS/c1-8-3-4-11(10(15)7-8)18-14(19)17-9(2)12-5-6-13(16)20-12/h3-7,9H,1-2H3,(H2,17,18,19). The number of carbonyl (C=O) groups is 1. The van der Waals surface area contributed by atoms with Gasteiger partial charge in [-0.15, -0.1) is 11.3 Å². The second kappa shape index (κ2) is 6.48. The fourth-order valence-electron chi connectivity index (χ4n) is 1.71. The largest absolute Gasteiger partial charge is 0.331 e. The number of thiophene rings is 1. The van der Waals surface area contributed by atoms with Gasteiger partial charge in [0.2, 0.25) is 0 Å². The van der Waals surface area contributed by atoms with Gasteiger partial charge in [-0.3, -0.25) is 0 Å². The Labute approximate surface area is 131 Å². The number of rotatable bonds is 3. The lowest BCUT2D eigenvalue weighted by atomic mass is 10.2. The Morgan fingerprint density at radius 1 is 1.25 bits per heavy atom. The Hall–Kier alpha value is -1.23. The maximum atomic E-state index is 11.9. The third-order valence-corrected chi connectivity index (χ3v) is 4.47. The van der Waals surface area contributed by atoms with Crippen LogP contribution in [0.1, 0.15) is 23.4 Å². The van der Waals surface area contributed by atoms with Gasteiger partial charge in [-0.05, 0) is 43.7 Å². The summed E-state index contributed by atoms with van der Waals surface area (Å²) in [4.78, 5) is 12.9. The number of urea groups is 1. The second-order valence-electron chi connectivity index (χ2n) is 4.45. The van der Waals surface area contributed by atoms with Gasteiger partial charge in [-0.2, -0.15) is 0 Å². The van der Waals surface area contributed by atoms with Crippen LogP contribution in [0, 0.1) is 6.92 Å². The Morgan fingerprint density at radius 3 is 2.60 bits per heavy atom. The van der Waals surface area contributed by atoms with E-state index < -0.39 is 0 Å². The zero-order valence-electron chi connectivity index (χ0n) is 11.0. The number of hydrogen-bond acceptors (Lipinski definition) is 2. The molecule has 2 aromatic rings. The SMILES string of the molecule is Cc1ccc(NC(=O)NC(C)c2ccc(Cl)s2)c(Cl)c1. The number of benzene rings is 1. The van der Waals surface area contributed by atoms with E-state index in [9.17, 15) is 4.79 Å². The zero-order valence-corrected chi connectivity index (χ0v) is 13.4. The Kier molecular flexibility index (Phi) is 4.91. The van der Waals surface area contributed by atoms with Crippen molar-refractivity contribution < 1.29 is 4.79 Å². The van der Waals surface area contributed by atoms with Crippen molar-refractivity contribution in [2.45, 2.75) is 19.9 Å². The molecule has 1 aromatic heterocycles. The molecular weight excluding hydrogens is 315 g/mol. The number of amides is 2. The van der Waals surface area contributed by atoms with E-state index in [0.717, 1.165) is 10.4 Å². The quantitative estimate of drug-likeness (QED) is 0.794. The van der Waals surface area contributed by atoms with Crippen LogP contribution in [0.3, 0.4) is 0 Å². The minimum atomic E-state index is -0.298. The van der Waals surface area contributed by atoms with Crippen LogP contribution in [0.4, 0.5) is 10.5 Å². The van der Waals surface area contributed by atoms with E-state index in [1.165, 1.54) is 11.3 Å². The first-order chi connectivity index (χ1) is 9.45. The molecule has 1 aromatic carbocycles. The molecule has 0 aliphatic carbocycles. The molecule has 20 heavy (non-hydrogen) atoms. The predicted molar refractivity (Wildman–Crippen MR) is 86.1 cm³/mol. The summed E-state index contributed by atoms with van der Waals surface area (Å²) in [6, 6.07) is 8.78. The highest BCUT2D eigenvalue weighted by molar-refractivity contribution is 7.16. The highest BCUT2D eigenvalue weighted by atomic mass is 35.5. The first-order valence-electron chi connectivity index (χ1n) is 6.04. The minimum Gasteiger partial charge on any atom is -0.331 e. The van der Waals surface area contributed by atoms with E-state index in [-0.39, 0.29) is 12.1 Å². The van der Waals surface area contributed by atoms with Gasteiger partial charge in [0, 0.05) is 4.88 Å². The molecule has 0 fully saturated rings. The third kappa shape index (κ3) is 3.88. The van der Waals surface area contributed by atoms with Gasteiger partial charge in [-0.1, -0.05) is 29.3 Å². The number of aryl methyl sites for hydroxylation is 1. The van der Waals surface area contributed by atoms with E-state index in [2.05, 4.69) is 10.6 Å². The summed E-state index contributed by atoms with van der Waals surface area (Å²) in [5.41, 5.74) is 1.63. The molecule has 0 saturated heterocycles. The van der Waals surface area contributed by atoms with Crippen molar-refractivity contribution in [3.8, 4) is 0 Å². The maximum absolute atomic E-state index is 11.9. The average Bonchev–Trinajstić information content (AvgIpc) is 2.79. The Bertz CT molecular complexity index is 627. The molecule has 2 amide bonds. The van der Waals surface area contributed by atoms with Crippen molar-refractivity contribution in [3.05, 3.63) is 50.1 Å². The molecule has 0 aliphatic rings. The van der Waals surface area contributed by atoms with Crippen molar-refractivity contribution in [1.29, 1.82) is 0 Å². The van der Waals surface area contributed by atoms with Gasteiger partial charge >= 0.3 is 6.03 Å². The van der Waals surface area contributed by atoms with Gasteiger partial charge in [0.25, 0.3) is 0 Å². The number of carbonyl (C=O) groups excluding carboxylic acids is 1. The van der Waals surface area contributed by atoms with Crippen LogP contribution < -0.4 is 10.6 Å². The molecule has 0 saturated carbocycles. The van der Waals surface area contributed by atoms with E-state index in [0.29, 0.717) is 15.0 Å². The summed E-state index contributed by atoms with van der Waals surface area (Å²) in [5.74, 6) is 0. The molecular formula is C14H14Cl2N2OS. The smallest absolute Gasteiger partial charge is 0.319 e. The van der Waals surface area contributed by atoms with E-state index in [1.807, 2.05) is 32.0 Å². The minimum absolute atomic E-state index is 0.114. The Morgan fingerprint density at radius 2 is 2.00 bits per heavy atom. The van der Waals surface area contributed by atoms with Crippen LogP contribution in [-0.4, -0.2) is 6.03 Å². The topological polar surface area (TPSA) is 41.1 Å². The van der Waals surface area contributed by atoms with Crippen molar-refractivity contribution in [3.63, 3.8) is 0 Å². The second-order valence-corrected chi connectivity index (χ2v) is 6.60. The van der Waals surface area contributed by atoms with Gasteiger partial charge in [0.15, 0.2) is 0 Å². The molecule has 0 bridgehead atoms. The number of anilines is 1. The van der Waals surface area contributed by atoms with Crippen LogP contribution in [0.2, 0.25) is 9.36 Å². The molecule has 106 valence electrons. The third-order valence-electron chi connectivity index (χ3n) is 2.74. The summed E-state index contributed by atoms with van der Waals surface area (Å²) in [7, 11) is 0. The molecule has 3 nitrogen and oxygen atoms in total. The van der Waals surface area contributed by atoms with Crippen LogP contribution in [0.25, 0.3) is 0 Å². The van der Waals surface area contributed by atoms with Gasteiger partial charge in [-0.25, -0.2) is 4.79 Å². The molecule has 1 unspecified atom stereocenters. The molecule has 1 heterocycles. The summed E-state index contributed by atoms with van der Waals surface area (Å²) in [5, 5.41) is 6.10. The molecule has 0 radical (unpaired) electrons. The van der Waals surface area contributed by atoms with Crippen molar-refractivity contribution in [2.75, 3.05) is 5.32 Å². The highest BCUT2D eigenvalue weighted by Crippen LogP contribution is 2.27. The predicted octanol–water partition coefficient (Wildman–Crippen LogP) is 5.25. The summed E-state index contributed by atoms with van der Waals surface area (Å²) < 4.78 is 0.704. The average molecular weight is 329 g/mol. The molecule has 1 atom stereocenters. The number of halogens is 2. The molecule has 2 rings (SSSR count). The van der Waals surface area contributed by atoms with E-state index in [4.69, 9.17) is 23.2 Å². The zero-order chi connectivity index (χ0) is 14.7. The van der Waals surface area contributed by atoms with Crippen LogP contribution in [-0.2, 0) is 0 Å². The van der Waals surface area contributed by atoms with Crippen molar-refractivity contribution in [2.24, 2.45) is 0 Å².